The molecule has 0 fully saturated rings. The molecule has 1 atom stereocenters. The number of hydrazine groups is 1. The number of hydrogen-bond donors (Lipinski definition) is 2. The van der Waals surface area contributed by atoms with E-state index in [4.69, 9.17) is 17.4 Å². The largest absolute Gasteiger partial charge is 0.271 e. The molecular weight excluding hydrogens is 419 g/mol. The predicted octanol–water partition coefficient (Wildman–Crippen LogP) is 3.91. The van der Waals surface area contributed by atoms with E-state index in [-0.39, 0.29) is 6.04 Å². The van der Waals surface area contributed by atoms with Crippen LogP contribution in [0.1, 0.15) is 29.9 Å². The lowest BCUT2D eigenvalue weighted by Gasteiger charge is -2.18. The molecule has 3 N–H and O–H groups in total. The van der Waals surface area contributed by atoms with Crippen LogP contribution in [0.2, 0.25) is 5.02 Å². The number of halogens is 3. The predicted molar refractivity (Wildman–Crippen MR) is 93.2 cm³/mol. The third-order valence-electron chi connectivity index (χ3n) is 3.44. The van der Waals surface area contributed by atoms with Crippen molar-refractivity contribution in [1.82, 2.24) is 15.2 Å². The van der Waals surface area contributed by atoms with Gasteiger partial charge in [-0.15, -0.1) is 0 Å². The van der Waals surface area contributed by atoms with Crippen molar-refractivity contribution in [2.75, 3.05) is 0 Å². The minimum Gasteiger partial charge on any atom is -0.271 e. The Morgan fingerprint density at radius 1 is 1.43 bits per heavy atom. The molecule has 1 aromatic heterocycles. The van der Waals surface area contributed by atoms with Crippen LogP contribution in [0.5, 0.6) is 0 Å². The highest BCUT2D eigenvalue weighted by atomic mass is 79.9. The van der Waals surface area contributed by atoms with Crippen LogP contribution in [0.3, 0.4) is 0 Å². The lowest BCUT2D eigenvalue weighted by atomic mass is 10.0. The maximum Gasteiger partial charge on any atom is 0.0766 e. The summed E-state index contributed by atoms with van der Waals surface area (Å²) in [5.41, 5.74) is 5.95. The molecule has 2 rings (SSSR count). The van der Waals surface area contributed by atoms with Gasteiger partial charge in [0.15, 0.2) is 0 Å². The molecule has 1 unspecified atom stereocenters. The first-order valence-corrected chi connectivity index (χ1v) is 8.55. The van der Waals surface area contributed by atoms with Crippen LogP contribution < -0.4 is 11.3 Å². The zero-order chi connectivity index (χ0) is 15.6. The van der Waals surface area contributed by atoms with Gasteiger partial charge in [-0.25, -0.2) is 0 Å². The molecule has 0 aliphatic rings. The Hall–Kier alpha value is -0.400. The van der Waals surface area contributed by atoms with Crippen LogP contribution in [0.4, 0.5) is 0 Å². The van der Waals surface area contributed by atoms with Gasteiger partial charge in [-0.05, 0) is 40.0 Å². The minimum atomic E-state index is -0.0815. The molecule has 2 aromatic rings. The van der Waals surface area contributed by atoms with Crippen LogP contribution >= 0.6 is 43.5 Å². The summed E-state index contributed by atoms with van der Waals surface area (Å²) in [6, 6.07) is 5.72. The molecule has 4 nitrogen and oxygen atoms in total. The van der Waals surface area contributed by atoms with Gasteiger partial charge in [-0.1, -0.05) is 40.5 Å². The molecule has 0 saturated carbocycles. The highest BCUT2D eigenvalue weighted by Crippen LogP contribution is 2.31. The number of aryl methyl sites for hydroxylation is 2. The molecule has 0 aliphatic heterocycles. The minimum absolute atomic E-state index is 0.0815. The third-order valence-corrected chi connectivity index (χ3v) is 5.18. The maximum absolute atomic E-state index is 6.32. The summed E-state index contributed by atoms with van der Waals surface area (Å²) in [4.78, 5) is 0. The van der Waals surface area contributed by atoms with Crippen LogP contribution in [0.25, 0.3) is 0 Å². The molecule has 0 saturated heterocycles. The molecule has 1 aromatic carbocycles. The van der Waals surface area contributed by atoms with Gasteiger partial charge in [0.05, 0.1) is 21.9 Å². The SMILES string of the molecule is CCc1nn(C)c(CC(NN)c2ccc(Br)cc2Cl)c1Br. The first-order valence-electron chi connectivity index (χ1n) is 6.59. The number of hydrogen-bond acceptors (Lipinski definition) is 3. The summed E-state index contributed by atoms with van der Waals surface area (Å²) in [6.45, 7) is 2.08. The van der Waals surface area contributed by atoms with E-state index < -0.39 is 0 Å². The van der Waals surface area contributed by atoms with Crippen molar-refractivity contribution in [3.8, 4) is 0 Å². The smallest absolute Gasteiger partial charge is 0.0766 e. The zero-order valence-corrected chi connectivity index (χ0v) is 15.8. The summed E-state index contributed by atoms with van der Waals surface area (Å²) >= 11 is 13.4. The molecule has 0 amide bonds. The summed E-state index contributed by atoms with van der Waals surface area (Å²) in [5, 5.41) is 5.19. The molecule has 21 heavy (non-hydrogen) atoms. The van der Waals surface area contributed by atoms with Gasteiger partial charge >= 0.3 is 0 Å². The number of nitrogens with one attached hydrogen (secondary N) is 1. The van der Waals surface area contributed by atoms with E-state index in [0.717, 1.165) is 32.3 Å². The van der Waals surface area contributed by atoms with Crippen molar-refractivity contribution in [2.45, 2.75) is 25.8 Å². The molecule has 1 heterocycles. The van der Waals surface area contributed by atoms with E-state index in [1.54, 1.807) is 0 Å². The third kappa shape index (κ3) is 3.68. The topological polar surface area (TPSA) is 55.9 Å². The molecule has 0 aliphatic carbocycles. The summed E-state index contributed by atoms with van der Waals surface area (Å²) in [5.74, 6) is 5.73. The fraction of sp³-hybridized carbons (Fsp3) is 0.357. The van der Waals surface area contributed by atoms with Gasteiger partial charge in [0.2, 0.25) is 0 Å². The highest BCUT2D eigenvalue weighted by molar-refractivity contribution is 9.10. The van der Waals surface area contributed by atoms with Gasteiger partial charge < -0.3 is 0 Å². The first-order chi connectivity index (χ1) is 9.97. The molecule has 0 bridgehead atoms. The van der Waals surface area contributed by atoms with E-state index in [1.807, 2.05) is 29.9 Å². The quantitative estimate of drug-likeness (QED) is 0.552. The van der Waals surface area contributed by atoms with Crippen LogP contribution in [-0.2, 0) is 19.9 Å². The maximum atomic E-state index is 6.32. The van der Waals surface area contributed by atoms with Crippen LogP contribution in [0.15, 0.2) is 27.1 Å². The second-order valence-electron chi connectivity index (χ2n) is 4.77. The average Bonchev–Trinajstić information content (AvgIpc) is 2.72. The molecule has 0 radical (unpaired) electrons. The Labute approximate surface area is 146 Å². The Bertz CT molecular complexity index is 642. The Morgan fingerprint density at radius 2 is 2.14 bits per heavy atom. The standard InChI is InChI=1S/C14H17Br2ClN4/c1-3-11-14(16)13(21(2)20-11)7-12(19-18)9-5-4-8(15)6-10(9)17/h4-6,12,19H,3,7,18H2,1-2H3. The number of nitrogens with two attached hydrogens (primary N) is 1. The monoisotopic (exact) mass is 434 g/mol. The van der Waals surface area contributed by atoms with E-state index in [2.05, 4.69) is 49.3 Å². The van der Waals surface area contributed by atoms with Gasteiger partial charge in [0, 0.05) is 23.0 Å². The Kier molecular flexibility index (Phi) is 5.85. The van der Waals surface area contributed by atoms with Crippen molar-refractivity contribution < 1.29 is 0 Å². The van der Waals surface area contributed by atoms with Crippen molar-refractivity contribution >= 4 is 43.5 Å². The van der Waals surface area contributed by atoms with Crippen LogP contribution in [-0.4, -0.2) is 9.78 Å². The van der Waals surface area contributed by atoms with E-state index in [1.165, 1.54) is 0 Å². The molecule has 0 spiro atoms. The number of aromatic nitrogens is 2. The van der Waals surface area contributed by atoms with Gasteiger partial charge in [0.25, 0.3) is 0 Å². The Morgan fingerprint density at radius 3 is 2.67 bits per heavy atom. The number of rotatable bonds is 5. The Balaban J connectivity index is 2.33. The normalized spacial score (nSPS) is 12.7. The van der Waals surface area contributed by atoms with E-state index in [0.29, 0.717) is 11.4 Å². The van der Waals surface area contributed by atoms with Crippen molar-refractivity contribution in [2.24, 2.45) is 12.9 Å². The molecular formula is C14H17Br2ClN4. The summed E-state index contributed by atoms with van der Waals surface area (Å²) < 4.78 is 3.88. The fourth-order valence-electron chi connectivity index (χ4n) is 2.28. The van der Waals surface area contributed by atoms with Crippen molar-refractivity contribution in [3.05, 3.63) is 49.1 Å². The summed E-state index contributed by atoms with van der Waals surface area (Å²) in [7, 11) is 1.94. The number of nitrogens with zero attached hydrogens (tertiary/aromatic N) is 2. The highest BCUT2D eigenvalue weighted by Gasteiger charge is 2.20. The van der Waals surface area contributed by atoms with Gasteiger partial charge in [0.1, 0.15) is 0 Å². The van der Waals surface area contributed by atoms with Gasteiger partial charge in [-0.3, -0.25) is 16.0 Å². The van der Waals surface area contributed by atoms with Crippen molar-refractivity contribution in [3.63, 3.8) is 0 Å². The average molecular weight is 437 g/mol. The zero-order valence-electron chi connectivity index (χ0n) is 11.8. The summed E-state index contributed by atoms with van der Waals surface area (Å²) in [6.07, 6.45) is 1.58. The van der Waals surface area contributed by atoms with Crippen molar-refractivity contribution in [1.29, 1.82) is 0 Å². The second kappa shape index (κ2) is 7.24. The lowest BCUT2D eigenvalue weighted by molar-refractivity contribution is 0.529. The molecule has 7 heteroatoms. The van der Waals surface area contributed by atoms with E-state index in [9.17, 15) is 0 Å². The number of benzene rings is 1. The van der Waals surface area contributed by atoms with Crippen LogP contribution in [0, 0.1) is 0 Å². The first kappa shape index (κ1) is 17.0. The lowest BCUT2D eigenvalue weighted by Crippen LogP contribution is -2.30. The second-order valence-corrected chi connectivity index (χ2v) is 6.89. The fourth-order valence-corrected chi connectivity index (χ4v) is 3.86. The van der Waals surface area contributed by atoms with E-state index >= 15 is 0 Å². The van der Waals surface area contributed by atoms with Gasteiger partial charge in [-0.2, -0.15) is 5.10 Å². The molecule has 114 valence electrons.